The zero-order chi connectivity index (χ0) is 20.7. The number of nitrogens with zero attached hydrogens (tertiary/aromatic N) is 5. The summed E-state index contributed by atoms with van der Waals surface area (Å²) < 4.78 is 32.0. The largest absolute Gasteiger partial charge is 0.494 e. The average molecular weight is 428 g/mol. The van der Waals surface area contributed by atoms with Gasteiger partial charge in [0, 0.05) is 10.6 Å². The van der Waals surface area contributed by atoms with Gasteiger partial charge in [0.1, 0.15) is 6.10 Å². The molecule has 4 aromatic rings. The molecule has 8 nitrogen and oxygen atoms in total. The maximum Gasteiger partial charge on any atom is 0.258 e. The van der Waals surface area contributed by atoms with Crippen LogP contribution < -0.4 is 4.74 Å². The highest BCUT2D eigenvalue weighted by atomic mass is 35.5. The van der Waals surface area contributed by atoms with E-state index in [-0.39, 0.29) is 30.2 Å². The van der Waals surface area contributed by atoms with E-state index in [1.54, 1.807) is 10.7 Å². The van der Waals surface area contributed by atoms with Crippen LogP contribution in [0.2, 0.25) is 5.02 Å². The molecule has 0 saturated heterocycles. The summed E-state index contributed by atoms with van der Waals surface area (Å²) in [6, 6.07) is 11.9. The Morgan fingerprint density at radius 3 is 2.80 bits per heavy atom. The molecule has 10 heteroatoms. The summed E-state index contributed by atoms with van der Waals surface area (Å²) in [5, 5.41) is 13.0. The van der Waals surface area contributed by atoms with Crippen molar-refractivity contribution in [3.8, 4) is 28.7 Å². The van der Waals surface area contributed by atoms with E-state index in [4.69, 9.17) is 25.6 Å². The first kappa shape index (κ1) is 18.7. The molecule has 0 amide bonds. The van der Waals surface area contributed by atoms with Gasteiger partial charge in [0.25, 0.3) is 5.89 Å². The van der Waals surface area contributed by atoms with Crippen LogP contribution in [0.4, 0.5) is 4.39 Å². The molecule has 0 saturated carbocycles. The molecule has 2 aromatic carbocycles. The highest BCUT2D eigenvalue weighted by Crippen LogP contribution is 2.31. The van der Waals surface area contributed by atoms with Gasteiger partial charge < -0.3 is 14.0 Å². The summed E-state index contributed by atoms with van der Waals surface area (Å²) in [6.45, 7) is 0.787. The Kier molecular flexibility index (Phi) is 4.68. The van der Waals surface area contributed by atoms with Crippen molar-refractivity contribution in [3.63, 3.8) is 0 Å². The Morgan fingerprint density at radius 2 is 2.03 bits per heavy atom. The van der Waals surface area contributed by atoms with Gasteiger partial charge in [0.05, 0.1) is 26.0 Å². The lowest BCUT2D eigenvalue weighted by Crippen LogP contribution is -2.22. The smallest absolute Gasteiger partial charge is 0.258 e. The minimum absolute atomic E-state index is 0.137. The predicted octanol–water partition coefficient (Wildman–Crippen LogP) is 4.07. The van der Waals surface area contributed by atoms with Gasteiger partial charge in [-0.05, 0) is 35.9 Å². The third kappa shape index (κ3) is 3.31. The molecule has 1 atom stereocenters. The molecule has 152 valence electrons. The topological polar surface area (TPSA) is 88.1 Å². The summed E-state index contributed by atoms with van der Waals surface area (Å²) in [5.41, 5.74) is 2.65. The van der Waals surface area contributed by atoms with E-state index in [0.717, 1.165) is 11.3 Å². The summed E-state index contributed by atoms with van der Waals surface area (Å²) in [4.78, 5) is 4.34. The SMILES string of the molecule is COc1ccc(-c2nc(-c3nnn4c3COC(c3ccc(Cl)cc3)C4)no2)cc1F. The Morgan fingerprint density at radius 1 is 1.20 bits per heavy atom. The van der Waals surface area contributed by atoms with Crippen molar-refractivity contribution in [2.24, 2.45) is 0 Å². The van der Waals surface area contributed by atoms with Crippen LogP contribution in [0.1, 0.15) is 17.4 Å². The first-order valence-electron chi connectivity index (χ1n) is 9.10. The van der Waals surface area contributed by atoms with Crippen molar-refractivity contribution in [1.82, 2.24) is 25.1 Å². The number of hydrogen-bond donors (Lipinski definition) is 0. The van der Waals surface area contributed by atoms with Crippen molar-refractivity contribution in [2.45, 2.75) is 19.3 Å². The van der Waals surface area contributed by atoms with Crippen LogP contribution in [0.3, 0.4) is 0 Å². The highest BCUT2D eigenvalue weighted by Gasteiger charge is 2.27. The molecule has 0 aliphatic carbocycles. The third-order valence-electron chi connectivity index (χ3n) is 4.88. The average Bonchev–Trinajstić information content (AvgIpc) is 3.41. The molecule has 30 heavy (non-hydrogen) atoms. The molecule has 2 aromatic heterocycles. The number of hydrogen-bond acceptors (Lipinski definition) is 7. The Hall–Kier alpha value is -3.30. The van der Waals surface area contributed by atoms with E-state index in [9.17, 15) is 4.39 Å². The molecule has 0 spiro atoms. The Bertz CT molecular complexity index is 1210. The predicted molar refractivity (Wildman–Crippen MR) is 104 cm³/mol. The zero-order valence-corrected chi connectivity index (χ0v) is 16.5. The molecule has 1 aliphatic heterocycles. The first-order chi connectivity index (χ1) is 14.6. The van der Waals surface area contributed by atoms with Crippen LogP contribution in [0.25, 0.3) is 23.0 Å². The van der Waals surface area contributed by atoms with Crippen molar-refractivity contribution in [3.05, 3.63) is 64.6 Å². The van der Waals surface area contributed by atoms with Gasteiger partial charge in [-0.2, -0.15) is 4.98 Å². The molecule has 1 unspecified atom stereocenters. The minimum Gasteiger partial charge on any atom is -0.494 e. The van der Waals surface area contributed by atoms with Crippen LogP contribution in [0.15, 0.2) is 47.0 Å². The van der Waals surface area contributed by atoms with E-state index in [0.29, 0.717) is 22.8 Å². The van der Waals surface area contributed by atoms with Gasteiger partial charge >= 0.3 is 0 Å². The van der Waals surface area contributed by atoms with Gasteiger partial charge in [-0.1, -0.05) is 34.1 Å². The van der Waals surface area contributed by atoms with Gasteiger partial charge in [-0.25, -0.2) is 9.07 Å². The lowest BCUT2D eigenvalue weighted by Gasteiger charge is -2.24. The second kappa shape index (κ2) is 7.51. The lowest BCUT2D eigenvalue weighted by atomic mass is 10.1. The molecule has 0 fully saturated rings. The fourth-order valence-electron chi connectivity index (χ4n) is 3.30. The maximum atomic E-state index is 14.0. The summed E-state index contributed by atoms with van der Waals surface area (Å²) >= 11 is 5.95. The molecular formula is C20H15ClFN5O3. The number of benzene rings is 2. The summed E-state index contributed by atoms with van der Waals surface area (Å²) in [6.07, 6.45) is -0.160. The van der Waals surface area contributed by atoms with Crippen LogP contribution in [0.5, 0.6) is 5.75 Å². The molecular weight excluding hydrogens is 413 g/mol. The maximum absolute atomic E-state index is 14.0. The van der Waals surface area contributed by atoms with Crippen molar-refractivity contribution < 1.29 is 18.4 Å². The Balaban J connectivity index is 1.40. The van der Waals surface area contributed by atoms with Crippen molar-refractivity contribution in [1.29, 1.82) is 0 Å². The van der Waals surface area contributed by atoms with E-state index < -0.39 is 5.82 Å². The van der Waals surface area contributed by atoms with E-state index in [1.165, 1.54) is 19.2 Å². The molecule has 0 radical (unpaired) electrons. The van der Waals surface area contributed by atoms with Gasteiger partial charge in [-0.15, -0.1) is 5.10 Å². The highest BCUT2D eigenvalue weighted by molar-refractivity contribution is 6.30. The zero-order valence-electron chi connectivity index (χ0n) is 15.7. The van der Waals surface area contributed by atoms with E-state index >= 15 is 0 Å². The number of methoxy groups -OCH3 is 1. The van der Waals surface area contributed by atoms with Crippen LogP contribution in [0, 0.1) is 5.82 Å². The second-order valence-electron chi connectivity index (χ2n) is 6.69. The summed E-state index contributed by atoms with van der Waals surface area (Å²) in [5.74, 6) is 0.0516. The monoisotopic (exact) mass is 427 g/mol. The van der Waals surface area contributed by atoms with Crippen molar-refractivity contribution in [2.75, 3.05) is 7.11 Å². The van der Waals surface area contributed by atoms with Gasteiger partial charge in [0.15, 0.2) is 17.3 Å². The number of fused-ring (bicyclic) bond motifs is 1. The normalized spacial score (nSPS) is 15.8. The van der Waals surface area contributed by atoms with Crippen molar-refractivity contribution >= 4 is 11.6 Å². The molecule has 0 N–H and O–H groups in total. The van der Waals surface area contributed by atoms with E-state index in [1.807, 2.05) is 24.3 Å². The minimum atomic E-state index is -0.516. The molecule has 1 aliphatic rings. The first-order valence-corrected chi connectivity index (χ1v) is 9.47. The van der Waals surface area contributed by atoms with Crippen LogP contribution in [-0.4, -0.2) is 32.2 Å². The molecule has 0 bridgehead atoms. The number of halogens is 2. The quantitative estimate of drug-likeness (QED) is 0.485. The second-order valence-corrected chi connectivity index (χ2v) is 7.13. The Labute approximate surface area is 175 Å². The number of aromatic nitrogens is 5. The standard InChI is InChI=1S/C20H15ClFN5O3/c1-28-16-7-4-12(8-14(16)22)20-23-19(25-30-20)18-15-10-29-17(9-27(15)26-24-18)11-2-5-13(21)6-3-11/h2-8,17H,9-10H2,1H3. The van der Waals surface area contributed by atoms with Gasteiger partial charge in [0.2, 0.25) is 5.82 Å². The lowest BCUT2D eigenvalue weighted by molar-refractivity contribution is -0.00112. The molecule has 3 heterocycles. The fourth-order valence-corrected chi connectivity index (χ4v) is 3.43. The molecule has 5 rings (SSSR count). The fraction of sp³-hybridized carbons (Fsp3) is 0.200. The van der Waals surface area contributed by atoms with Crippen LogP contribution >= 0.6 is 11.6 Å². The number of ether oxygens (including phenoxy) is 2. The van der Waals surface area contributed by atoms with E-state index in [2.05, 4.69) is 20.5 Å². The summed E-state index contributed by atoms with van der Waals surface area (Å²) in [7, 11) is 1.40. The third-order valence-corrected chi connectivity index (χ3v) is 5.13. The number of rotatable bonds is 4. The van der Waals surface area contributed by atoms with Gasteiger partial charge in [-0.3, -0.25) is 0 Å². The van der Waals surface area contributed by atoms with Crippen LogP contribution in [-0.2, 0) is 17.9 Å².